The van der Waals surface area contributed by atoms with Crippen molar-refractivity contribution in [3.05, 3.63) is 23.8 Å². The quantitative estimate of drug-likeness (QED) is 0.813. The number of nitrogens with zero attached hydrogens (tertiary/aromatic N) is 1. The number of hydrogen-bond acceptors (Lipinski definition) is 5. The van der Waals surface area contributed by atoms with Gasteiger partial charge < -0.3 is 20.1 Å². The highest BCUT2D eigenvalue weighted by atomic mass is 32.2. The number of carbonyl (C=O) groups is 1. The number of rotatable bonds is 6. The summed E-state index contributed by atoms with van der Waals surface area (Å²) in [5.41, 5.74) is 6.95. The first-order valence-corrected chi connectivity index (χ1v) is 8.13. The van der Waals surface area contributed by atoms with Crippen LogP contribution in [0.2, 0.25) is 0 Å². The number of nitrogens with two attached hydrogens (primary N) is 1. The van der Waals surface area contributed by atoms with Gasteiger partial charge in [-0.15, -0.1) is 0 Å². The number of benzene rings is 1. The standard InChI is InChI=1S/C15H22N2O3S/c1-19-5-4-17(13-3-6-21-10-13)15(18)11-7-12(16)9-14(8-11)20-2/h7-9,13H,3-6,10,16H2,1-2H3. The van der Waals surface area contributed by atoms with E-state index in [4.69, 9.17) is 15.2 Å². The van der Waals surface area contributed by atoms with Crippen molar-refractivity contribution in [2.75, 3.05) is 44.6 Å². The van der Waals surface area contributed by atoms with E-state index in [0.717, 1.165) is 17.9 Å². The minimum Gasteiger partial charge on any atom is -0.497 e. The van der Waals surface area contributed by atoms with Gasteiger partial charge in [0.2, 0.25) is 0 Å². The molecule has 1 aliphatic heterocycles. The summed E-state index contributed by atoms with van der Waals surface area (Å²) >= 11 is 1.88. The first-order chi connectivity index (χ1) is 10.2. The van der Waals surface area contributed by atoms with Crippen LogP contribution in [0.3, 0.4) is 0 Å². The Morgan fingerprint density at radius 3 is 2.86 bits per heavy atom. The van der Waals surface area contributed by atoms with E-state index in [9.17, 15) is 4.79 Å². The third-order valence-corrected chi connectivity index (χ3v) is 4.70. The topological polar surface area (TPSA) is 64.8 Å². The monoisotopic (exact) mass is 310 g/mol. The van der Waals surface area contributed by atoms with Crippen molar-refractivity contribution in [2.24, 2.45) is 0 Å². The lowest BCUT2D eigenvalue weighted by Gasteiger charge is -2.28. The van der Waals surface area contributed by atoms with Gasteiger partial charge >= 0.3 is 0 Å². The minimum absolute atomic E-state index is 0.00912. The first-order valence-electron chi connectivity index (χ1n) is 6.98. The highest BCUT2D eigenvalue weighted by molar-refractivity contribution is 7.99. The molecule has 21 heavy (non-hydrogen) atoms. The Morgan fingerprint density at radius 1 is 1.43 bits per heavy atom. The van der Waals surface area contributed by atoms with Crippen LogP contribution in [0.15, 0.2) is 18.2 Å². The number of anilines is 1. The maximum atomic E-state index is 12.8. The minimum atomic E-state index is -0.00912. The maximum Gasteiger partial charge on any atom is 0.254 e. The van der Waals surface area contributed by atoms with Gasteiger partial charge in [-0.2, -0.15) is 11.8 Å². The van der Waals surface area contributed by atoms with Gasteiger partial charge in [0.25, 0.3) is 5.91 Å². The number of ether oxygens (including phenoxy) is 2. The van der Waals surface area contributed by atoms with Crippen LogP contribution in [0.25, 0.3) is 0 Å². The van der Waals surface area contributed by atoms with Crippen LogP contribution in [-0.4, -0.2) is 55.7 Å². The summed E-state index contributed by atoms with van der Waals surface area (Å²) in [6, 6.07) is 5.42. The Kier molecular flexibility index (Phi) is 5.76. The smallest absolute Gasteiger partial charge is 0.254 e. The molecule has 1 heterocycles. The van der Waals surface area contributed by atoms with Crippen LogP contribution < -0.4 is 10.5 Å². The Hall–Kier alpha value is -1.40. The molecule has 1 saturated heterocycles. The third-order valence-electron chi connectivity index (χ3n) is 3.56. The molecule has 0 radical (unpaired) electrons. The largest absolute Gasteiger partial charge is 0.497 e. The second-order valence-electron chi connectivity index (χ2n) is 5.00. The fraction of sp³-hybridized carbons (Fsp3) is 0.533. The zero-order valence-corrected chi connectivity index (χ0v) is 13.3. The molecule has 1 atom stereocenters. The van der Waals surface area contributed by atoms with Crippen LogP contribution in [0.1, 0.15) is 16.8 Å². The van der Waals surface area contributed by atoms with Crippen molar-refractivity contribution in [3.8, 4) is 5.75 Å². The van der Waals surface area contributed by atoms with Gasteiger partial charge in [0.15, 0.2) is 0 Å². The zero-order chi connectivity index (χ0) is 15.2. The summed E-state index contributed by atoms with van der Waals surface area (Å²) < 4.78 is 10.3. The lowest BCUT2D eigenvalue weighted by molar-refractivity contribution is 0.0624. The highest BCUT2D eigenvalue weighted by Gasteiger charge is 2.27. The second-order valence-corrected chi connectivity index (χ2v) is 6.15. The molecule has 6 heteroatoms. The summed E-state index contributed by atoms with van der Waals surface area (Å²) in [6.45, 7) is 1.13. The molecule has 1 unspecified atom stereocenters. The van der Waals surface area contributed by atoms with Crippen LogP contribution in [0.4, 0.5) is 5.69 Å². The number of nitrogen functional groups attached to an aromatic ring is 1. The van der Waals surface area contributed by atoms with Crippen molar-refractivity contribution in [2.45, 2.75) is 12.5 Å². The number of carbonyl (C=O) groups excluding carboxylic acids is 1. The second kappa shape index (κ2) is 7.56. The van der Waals surface area contributed by atoms with Gasteiger partial charge in [-0.25, -0.2) is 0 Å². The van der Waals surface area contributed by atoms with Crippen LogP contribution >= 0.6 is 11.8 Å². The predicted octanol–water partition coefficient (Wildman–Crippen LogP) is 1.87. The normalized spacial score (nSPS) is 17.7. The fourth-order valence-electron chi connectivity index (χ4n) is 2.44. The lowest BCUT2D eigenvalue weighted by Crippen LogP contribution is -2.42. The molecule has 2 rings (SSSR count). The summed E-state index contributed by atoms with van der Waals surface area (Å²) in [6.07, 6.45) is 1.03. The summed E-state index contributed by atoms with van der Waals surface area (Å²) in [5, 5.41) is 0. The van der Waals surface area contributed by atoms with Gasteiger partial charge in [0.05, 0.1) is 13.7 Å². The number of methoxy groups -OCH3 is 2. The van der Waals surface area contributed by atoms with Gasteiger partial charge in [-0.3, -0.25) is 4.79 Å². The Bertz CT molecular complexity index is 490. The number of hydrogen-bond donors (Lipinski definition) is 1. The fourth-order valence-corrected chi connectivity index (χ4v) is 3.66. The number of thioether (sulfide) groups is 1. The van der Waals surface area contributed by atoms with Crippen molar-refractivity contribution in [1.29, 1.82) is 0 Å². The first kappa shape index (κ1) is 16.0. The molecule has 116 valence electrons. The summed E-state index contributed by atoms with van der Waals surface area (Å²) in [4.78, 5) is 14.7. The molecule has 0 saturated carbocycles. The molecule has 1 fully saturated rings. The highest BCUT2D eigenvalue weighted by Crippen LogP contribution is 2.25. The van der Waals surface area contributed by atoms with Gasteiger partial charge in [0, 0.05) is 42.8 Å². The molecular weight excluding hydrogens is 288 g/mol. The van der Waals surface area contributed by atoms with Crippen molar-refractivity contribution >= 4 is 23.4 Å². The molecule has 2 N–H and O–H groups in total. The molecule has 0 bridgehead atoms. The molecule has 0 aliphatic carbocycles. The molecule has 1 aromatic rings. The lowest BCUT2D eigenvalue weighted by atomic mass is 10.1. The zero-order valence-electron chi connectivity index (χ0n) is 12.5. The van der Waals surface area contributed by atoms with E-state index in [1.165, 1.54) is 0 Å². The summed E-state index contributed by atoms with van der Waals surface area (Å²) in [5.74, 6) is 2.67. The van der Waals surface area contributed by atoms with E-state index in [-0.39, 0.29) is 11.9 Å². The van der Waals surface area contributed by atoms with Gasteiger partial charge in [0.1, 0.15) is 5.75 Å². The molecule has 1 aromatic carbocycles. The van der Waals surface area contributed by atoms with Gasteiger partial charge in [-0.05, 0) is 24.3 Å². The summed E-state index contributed by atoms with van der Waals surface area (Å²) in [7, 11) is 3.22. The van der Waals surface area contributed by atoms with Crippen LogP contribution in [0.5, 0.6) is 5.75 Å². The third kappa shape index (κ3) is 4.04. The Labute approximate surface area is 129 Å². The Morgan fingerprint density at radius 2 is 2.24 bits per heavy atom. The predicted molar refractivity (Wildman–Crippen MR) is 86.0 cm³/mol. The van der Waals surface area contributed by atoms with E-state index >= 15 is 0 Å². The van der Waals surface area contributed by atoms with Crippen molar-refractivity contribution in [1.82, 2.24) is 4.90 Å². The van der Waals surface area contributed by atoms with Crippen LogP contribution in [0, 0.1) is 0 Å². The van der Waals surface area contributed by atoms with Crippen LogP contribution in [-0.2, 0) is 4.74 Å². The van der Waals surface area contributed by atoms with E-state index in [2.05, 4.69) is 0 Å². The van der Waals surface area contributed by atoms with E-state index in [1.54, 1.807) is 32.4 Å². The van der Waals surface area contributed by atoms with Crippen molar-refractivity contribution < 1.29 is 14.3 Å². The molecular formula is C15H22N2O3S. The maximum absolute atomic E-state index is 12.8. The average Bonchev–Trinajstić information content (AvgIpc) is 3.00. The molecule has 5 nitrogen and oxygen atoms in total. The molecule has 1 amide bonds. The van der Waals surface area contributed by atoms with E-state index in [1.807, 2.05) is 16.7 Å². The number of amides is 1. The van der Waals surface area contributed by atoms with Gasteiger partial charge in [-0.1, -0.05) is 0 Å². The molecule has 1 aliphatic rings. The Balaban J connectivity index is 2.21. The molecule has 0 aromatic heterocycles. The van der Waals surface area contributed by atoms with Crippen molar-refractivity contribution in [3.63, 3.8) is 0 Å². The average molecular weight is 310 g/mol. The molecule has 0 spiro atoms. The SMILES string of the molecule is COCCN(C(=O)c1cc(N)cc(OC)c1)C1CCSC1. The van der Waals surface area contributed by atoms with E-state index in [0.29, 0.717) is 30.2 Å². The van der Waals surface area contributed by atoms with E-state index < -0.39 is 0 Å².